The molecule has 2 N–H and O–H groups in total. The van der Waals surface area contributed by atoms with Crippen molar-refractivity contribution in [3.05, 3.63) is 114 Å². The number of allylic oxidation sites excluding steroid dienone is 6. The van der Waals surface area contributed by atoms with Crippen LogP contribution in [0.4, 0.5) is 5.69 Å². The van der Waals surface area contributed by atoms with Gasteiger partial charge in [0.05, 0.1) is 0 Å². The van der Waals surface area contributed by atoms with Gasteiger partial charge < -0.3 is 10.7 Å². The van der Waals surface area contributed by atoms with Gasteiger partial charge in [-0.25, -0.2) is 0 Å². The zero-order chi connectivity index (χ0) is 23.3. The summed E-state index contributed by atoms with van der Waals surface area (Å²) in [5.74, 6) is 0. The molecule has 0 aromatic heterocycles. The third-order valence-electron chi connectivity index (χ3n) is 5.34. The highest BCUT2D eigenvalue weighted by Gasteiger charge is 2.36. The van der Waals surface area contributed by atoms with Crippen LogP contribution in [0.5, 0.6) is 0 Å². The average Bonchev–Trinajstić information content (AvgIpc) is 2.81. The topological polar surface area (TPSA) is 35.9 Å². The van der Waals surface area contributed by atoms with Crippen molar-refractivity contribution >= 4 is 11.4 Å². The molecule has 0 aliphatic carbocycles. The molecule has 2 nitrogen and oxygen atoms in total. The van der Waals surface area contributed by atoms with E-state index in [2.05, 4.69) is 73.9 Å². The van der Waals surface area contributed by atoms with E-state index in [9.17, 15) is 0 Å². The Hall–Kier alpha value is -3.13. The van der Waals surface area contributed by atoms with E-state index in [0.29, 0.717) is 12.1 Å². The van der Waals surface area contributed by atoms with Gasteiger partial charge in [0.1, 0.15) is 0 Å². The van der Waals surface area contributed by atoms with Gasteiger partial charge in [-0.2, -0.15) is 0 Å². The number of rotatable bonds is 9. The first-order valence-corrected chi connectivity index (χ1v) is 10.8. The Morgan fingerprint density at radius 3 is 2.23 bits per heavy atom. The molecule has 0 bridgehead atoms. The lowest BCUT2D eigenvalue weighted by atomic mass is 9.66. The summed E-state index contributed by atoms with van der Waals surface area (Å²) in [5.41, 5.74) is 6.12. The van der Waals surface area contributed by atoms with E-state index in [4.69, 9.17) is 5.41 Å². The van der Waals surface area contributed by atoms with Gasteiger partial charge in [-0.1, -0.05) is 98.0 Å². The van der Waals surface area contributed by atoms with Crippen LogP contribution in [0.2, 0.25) is 0 Å². The summed E-state index contributed by atoms with van der Waals surface area (Å²) in [7, 11) is 1.93. The number of hydrogen-bond acceptors (Lipinski definition) is 2. The van der Waals surface area contributed by atoms with Crippen molar-refractivity contribution in [2.24, 2.45) is 0 Å². The number of nitrogens with one attached hydrogen (secondary N) is 2. The monoisotopic (exact) mass is 414 g/mol. The van der Waals surface area contributed by atoms with Gasteiger partial charge in [-0.15, -0.1) is 0 Å². The fraction of sp³-hybridized carbons (Fsp3) is 0.276. The molecule has 1 atom stereocenters. The van der Waals surface area contributed by atoms with Gasteiger partial charge >= 0.3 is 0 Å². The predicted octanol–water partition coefficient (Wildman–Crippen LogP) is 8.11. The van der Waals surface area contributed by atoms with Crippen LogP contribution in [0.1, 0.15) is 51.7 Å². The molecule has 31 heavy (non-hydrogen) atoms. The first-order chi connectivity index (χ1) is 14.8. The van der Waals surface area contributed by atoms with E-state index in [1.165, 1.54) is 16.7 Å². The van der Waals surface area contributed by atoms with Crippen molar-refractivity contribution in [2.45, 2.75) is 46.0 Å². The minimum Gasteiger partial charge on any atom is -0.388 e. The summed E-state index contributed by atoms with van der Waals surface area (Å²) >= 11 is 0. The molecule has 0 spiro atoms. The second kappa shape index (κ2) is 13.2. The largest absolute Gasteiger partial charge is 0.388 e. The quantitative estimate of drug-likeness (QED) is 0.243. The Balaban J connectivity index is 0.000000512. The lowest BCUT2D eigenvalue weighted by molar-refractivity contribution is 0.608. The van der Waals surface area contributed by atoms with Gasteiger partial charge in [0, 0.05) is 30.3 Å². The number of benzene rings is 2. The lowest BCUT2D eigenvalue weighted by Gasteiger charge is -2.37. The molecule has 2 heteroatoms. The lowest BCUT2D eigenvalue weighted by Crippen LogP contribution is -2.32. The van der Waals surface area contributed by atoms with Crippen LogP contribution in [0.3, 0.4) is 0 Å². The molecule has 0 aliphatic rings. The Morgan fingerprint density at radius 2 is 1.71 bits per heavy atom. The maximum atomic E-state index is 8.16. The molecule has 0 radical (unpaired) electrons. The summed E-state index contributed by atoms with van der Waals surface area (Å²) in [5, 5.41) is 11.4. The fourth-order valence-electron chi connectivity index (χ4n) is 3.58. The van der Waals surface area contributed by atoms with Gasteiger partial charge in [0.15, 0.2) is 0 Å². The molecule has 0 saturated carbocycles. The van der Waals surface area contributed by atoms with E-state index >= 15 is 0 Å². The first kappa shape index (κ1) is 25.9. The normalized spacial score (nSPS) is 13.0. The minimum atomic E-state index is -0.352. The van der Waals surface area contributed by atoms with Crippen LogP contribution in [0.15, 0.2) is 103 Å². The van der Waals surface area contributed by atoms with Crippen LogP contribution < -0.4 is 5.32 Å². The molecule has 2 aromatic carbocycles. The molecule has 2 aromatic rings. The maximum absolute atomic E-state index is 8.16. The van der Waals surface area contributed by atoms with Crippen molar-refractivity contribution in [2.75, 3.05) is 12.4 Å². The molecule has 164 valence electrons. The molecule has 0 fully saturated rings. The van der Waals surface area contributed by atoms with Crippen molar-refractivity contribution in [1.82, 2.24) is 0 Å². The fourth-order valence-corrected chi connectivity index (χ4v) is 3.58. The Morgan fingerprint density at radius 1 is 1.06 bits per heavy atom. The first-order valence-electron chi connectivity index (χ1n) is 10.8. The molecular weight excluding hydrogens is 376 g/mol. The second-order valence-corrected chi connectivity index (χ2v) is 7.66. The Kier molecular flexibility index (Phi) is 11.1. The van der Waals surface area contributed by atoms with Crippen molar-refractivity contribution in [1.29, 1.82) is 5.41 Å². The standard InChI is InChI=1S/C21H26N2.C8H12/c1-5-16(2)21(15-17(3)22,18-10-7-6-8-11-18)19-12-9-13-20(14-19)23-4;1-4-6-7-8(3)5-2/h6-14,22-23H,2,5,15H2,1,3-4H3;4-7H,2H2,1,3H3/b;6-4-,8-7+. The predicted molar refractivity (Wildman–Crippen MR) is 139 cm³/mol. The zero-order valence-electron chi connectivity index (χ0n) is 19.8. The van der Waals surface area contributed by atoms with E-state index in [0.717, 1.165) is 17.7 Å². The highest BCUT2D eigenvalue weighted by atomic mass is 14.8. The van der Waals surface area contributed by atoms with Crippen molar-refractivity contribution in [3.63, 3.8) is 0 Å². The van der Waals surface area contributed by atoms with Crippen LogP contribution in [0.25, 0.3) is 0 Å². The van der Waals surface area contributed by atoms with Crippen LogP contribution in [-0.4, -0.2) is 12.8 Å². The highest BCUT2D eigenvalue weighted by Crippen LogP contribution is 2.43. The molecule has 0 heterocycles. The third kappa shape index (κ3) is 7.25. The summed E-state index contributed by atoms with van der Waals surface area (Å²) in [6.45, 7) is 16.0. The van der Waals surface area contributed by atoms with Crippen molar-refractivity contribution < 1.29 is 0 Å². The molecule has 0 aliphatic heterocycles. The van der Waals surface area contributed by atoms with Crippen LogP contribution in [0, 0.1) is 5.41 Å². The summed E-state index contributed by atoms with van der Waals surface area (Å²) < 4.78 is 0. The van der Waals surface area contributed by atoms with Crippen molar-refractivity contribution in [3.8, 4) is 0 Å². The Bertz CT molecular complexity index is 919. The van der Waals surface area contributed by atoms with Gasteiger partial charge in [-0.05, 0) is 50.5 Å². The number of anilines is 1. The number of hydrogen-bond donors (Lipinski definition) is 2. The zero-order valence-corrected chi connectivity index (χ0v) is 19.8. The SMILES string of the molecule is C=C(CC)C(CC(C)=N)(c1ccccc1)c1cccc(NC)c1.C=C/C(C)=C/C=C\C. The average molecular weight is 415 g/mol. The van der Waals surface area contributed by atoms with Crippen LogP contribution >= 0.6 is 0 Å². The summed E-state index contributed by atoms with van der Waals surface area (Å²) in [6.07, 6.45) is 9.37. The van der Waals surface area contributed by atoms with E-state index in [1.807, 2.05) is 58.2 Å². The highest BCUT2D eigenvalue weighted by molar-refractivity contribution is 5.82. The minimum absolute atomic E-state index is 0.352. The maximum Gasteiger partial charge on any atom is 0.0460 e. The van der Waals surface area contributed by atoms with E-state index in [-0.39, 0.29) is 5.41 Å². The second-order valence-electron chi connectivity index (χ2n) is 7.66. The van der Waals surface area contributed by atoms with E-state index < -0.39 is 0 Å². The molecular formula is C29H38N2. The van der Waals surface area contributed by atoms with Crippen LogP contribution in [-0.2, 0) is 5.41 Å². The smallest absolute Gasteiger partial charge is 0.0460 e. The summed E-state index contributed by atoms with van der Waals surface area (Å²) in [4.78, 5) is 0. The van der Waals surface area contributed by atoms with Gasteiger partial charge in [0.25, 0.3) is 0 Å². The molecule has 1 unspecified atom stereocenters. The van der Waals surface area contributed by atoms with Gasteiger partial charge in [-0.3, -0.25) is 0 Å². The van der Waals surface area contributed by atoms with E-state index in [1.54, 1.807) is 0 Å². The van der Waals surface area contributed by atoms with Gasteiger partial charge in [0.2, 0.25) is 0 Å². The molecule has 2 rings (SSSR count). The molecule has 0 saturated heterocycles. The summed E-state index contributed by atoms with van der Waals surface area (Å²) in [6, 6.07) is 18.9. The third-order valence-corrected chi connectivity index (χ3v) is 5.34. The molecule has 0 amide bonds. The Labute approximate surface area is 189 Å².